The van der Waals surface area contributed by atoms with E-state index in [2.05, 4.69) is 5.32 Å². The Kier molecular flexibility index (Phi) is 9.77. The Bertz CT molecular complexity index is 1440. The maximum absolute atomic E-state index is 14.0. The molecule has 0 aromatic heterocycles. The first-order valence-corrected chi connectivity index (χ1v) is 15.4. The van der Waals surface area contributed by atoms with Crippen LogP contribution in [0.2, 0.25) is 10.0 Å². The molecule has 0 aliphatic heterocycles. The molecule has 1 aliphatic rings. The molecule has 1 saturated carbocycles. The zero-order valence-electron chi connectivity index (χ0n) is 22.5. The third-order valence-electron chi connectivity index (χ3n) is 7.15. The van der Waals surface area contributed by atoms with Crippen molar-refractivity contribution in [2.24, 2.45) is 0 Å². The number of hydrogen-bond acceptors (Lipinski definition) is 4. The van der Waals surface area contributed by atoms with E-state index in [-0.39, 0.29) is 39.1 Å². The molecule has 1 aliphatic carbocycles. The molecule has 0 heterocycles. The highest BCUT2D eigenvalue weighted by atomic mass is 35.5. The molecule has 0 saturated heterocycles. The predicted octanol–water partition coefficient (Wildman–Crippen LogP) is 5.97. The molecular weight excluding hydrogens is 569 g/mol. The Morgan fingerprint density at radius 3 is 2.25 bits per heavy atom. The van der Waals surface area contributed by atoms with Gasteiger partial charge in [-0.05, 0) is 56.5 Å². The van der Waals surface area contributed by atoms with Gasteiger partial charge in [0.15, 0.2) is 0 Å². The van der Waals surface area contributed by atoms with Gasteiger partial charge in [-0.2, -0.15) is 0 Å². The summed E-state index contributed by atoms with van der Waals surface area (Å²) in [6, 6.07) is 19.5. The van der Waals surface area contributed by atoms with Crippen molar-refractivity contribution < 1.29 is 18.0 Å². The van der Waals surface area contributed by atoms with Crippen molar-refractivity contribution in [3.63, 3.8) is 0 Å². The second kappa shape index (κ2) is 13.1. The molecule has 7 nitrogen and oxygen atoms in total. The standard InChI is InChI=1S/C30H33Cl2N3O4S/c1-21-15-17-25(18-16-21)40(38,39)35(27-14-8-13-26(31)29(27)32)20-28(36)34(19-23-9-4-3-5-10-23)22(2)30(37)33-24-11-6-7-12-24/h3-5,8-10,13-18,22,24H,6-7,11-12,19-20H2,1-2H3,(H,33,37)/t22-/m1/s1. The third-order valence-corrected chi connectivity index (χ3v) is 9.74. The fourth-order valence-corrected chi connectivity index (χ4v) is 6.66. The lowest BCUT2D eigenvalue weighted by Gasteiger charge is -2.32. The van der Waals surface area contributed by atoms with Crippen LogP contribution in [0.15, 0.2) is 77.7 Å². The average molecular weight is 603 g/mol. The molecule has 0 bridgehead atoms. The lowest BCUT2D eigenvalue weighted by molar-refractivity contribution is -0.139. The highest BCUT2D eigenvalue weighted by molar-refractivity contribution is 7.92. The summed E-state index contributed by atoms with van der Waals surface area (Å²) in [5.74, 6) is -0.824. The van der Waals surface area contributed by atoms with E-state index in [1.165, 1.54) is 23.1 Å². The number of aryl methyl sites for hydroxylation is 1. The van der Waals surface area contributed by atoms with Gasteiger partial charge in [-0.3, -0.25) is 13.9 Å². The summed E-state index contributed by atoms with van der Waals surface area (Å²) in [4.78, 5) is 28.7. The van der Waals surface area contributed by atoms with Crippen LogP contribution in [0, 0.1) is 6.92 Å². The molecule has 212 valence electrons. The molecule has 1 atom stereocenters. The Morgan fingerprint density at radius 2 is 1.60 bits per heavy atom. The molecule has 1 fully saturated rings. The first-order chi connectivity index (χ1) is 19.1. The SMILES string of the molecule is Cc1ccc(S(=O)(=O)N(CC(=O)N(Cc2ccccc2)[C@H](C)C(=O)NC2CCCC2)c2cccc(Cl)c2Cl)cc1. The van der Waals surface area contributed by atoms with Gasteiger partial charge >= 0.3 is 0 Å². The smallest absolute Gasteiger partial charge is 0.264 e. The van der Waals surface area contributed by atoms with Crippen molar-refractivity contribution >= 4 is 50.7 Å². The van der Waals surface area contributed by atoms with Gasteiger partial charge in [0.05, 0.1) is 20.6 Å². The van der Waals surface area contributed by atoms with Crippen LogP contribution in [-0.2, 0) is 26.2 Å². The Morgan fingerprint density at radius 1 is 0.950 bits per heavy atom. The van der Waals surface area contributed by atoms with Gasteiger partial charge in [0.1, 0.15) is 12.6 Å². The predicted molar refractivity (Wildman–Crippen MR) is 159 cm³/mol. The minimum Gasteiger partial charge on any atom is -0.352 e. The summed E-state index contributed by atoms with van der Waals surface area (Å²) in [5, 5.41) is 3.22. The molecule has 3 aromatic rings. The molecule has 4 rings (SSSR count). The average Bonchev–Trinajstić information content (AvgIpc) is 3.45. The number of anilines is 1. The molecular formula is C30H33Cl2N3O4S. The number of carbonyl (C=O) groups excluding carboxylic acids is 2. The molecule has 2 amide bonds. The van der Waals surface area contributed by atoms with Crippen LogP contribution in [0.1, 0.15) is 43.7 Å². The Balaban J connectivity index is 1.71. The fraction of sp³-hybridized carbons (Fsp3) is 0.333. The molecule has 10 heteroatoms. The number of carbonyl (C=O) groups is 2. The number of benzene rings is 3. The Hall–Kier alpha value is -3.07. The van der Waals surface area contributed by atoms with E-state index in [0.717, 1.165) is 41.1 Å². The summed E-state index contributed by atoms with van der Waals surface area (Å²) in [5.41, 5.74) is 1.77. The number of halogens is 2. The topological polar surface area (TPSA) is 86.8 Å². The minimum atomic E-state index is -4.23. The number of hydrogen-bond donors (Lipinski definition) is 1. The number of sulfonamides is 1. The van der Waals surface area contributed by atoms with Gasteiger partial charge in [-0.1, -0.05) is 90.1 Å². The van der Waals surface area contributed by atoms with Crippen molar-refractivity contribution in [3.8, 4) is 0 Å². The molecule has 3 aromatic carbocycles. The largest absolute Gasteiger partial charge is 0.352 e. The van der Waals surface area contributed by atoms with Crippen molar-refractivity contribution in [3.05, 3.63) is 94.0 Å². The zero-order chi connectivity index (χ0) is 28.9. The molecule has 0 unspecified atom stereocenters. The summed E-state index contributed by atoms with van der Waals surface area (Å²) >= 11 is 12.7. The van der Waals surface area contributed by atoms with E-state index < -0.39 is 28.5 Å². The third kappa shape index (κ3) is 6.97. The van der Waals surface area contributed by atoms with E-state index in [4.69, 9.17) is 23.2 Å². The number of rotatable bonds is 10. The van der Waals surface area contributed by atoms with E-state index in [1.807, 2.05) is 37.3 Å². The minimum absolute atomic E-state index is 0.00331. The Labute approximate surface area is 246 Å². The zero-order valence-corrected chi connectivity index (χ0v) is 24.8. The maximum atomic E-state index is 14.0. The van der Waals surface area contributed by atoms with Crippen LogP contribution in [-0.4, -0.2) is 43.8 Å². The quantitative estimate of drug-likeness (QED) is 0.310. The van der Waals surface area contributed by atoms with Crippen LogP contribution in [0.5, 0.6) is 0 Å². The van der Waals surface area contributed by atoms with Gasteiger partial charge in [-0.25, -0.2) is 8.42 Å². The van der Waals surface area contributed by atoms with Crippen LogP contribution in [0.25, 0.3) is 0 Å². The molecule has 40 heavy (non-hydrogen) atoms. The molecule has 0 radical (unpaired) electrons. The second-order valence-electron chi connectivity index (χ2n) is 10.1. The highest BCUT2D eigenvalue weighted by Gasteiger charge is 2.34. The van der Waals surface area contributed by atoms with Crippen LogP contribution >= 0.6 is 23.2 Å². The first kappa shape index (κ1) is 29.9. The summed E-state index contributed by atoms with van der Waals surface area (Å²) in [6.07, 6.45) is 3.91. The van der Waals surface area contributed by atoms with Gasteiger partial charge in [0, 0.05) is 12.6 Å². The lowest BCUT2D eigenvalue weighted by Crippen LogP contribution is -2.52. The summed E-state index contributed by atoms with van der Waals surface area (Å²) < 4.78 is 28.8. The van der Waals surface area contributed by atoms with Crippen molar-refractivity contribution in [2.45, 2.75) is 63.1 Å². The van der Waals surface area contributed by atoms with E-state index >= 15 is 0 Å². The highest BCUT2D eigenvalue weighted by Crippen LogP contribution is 2.35. The second-order valence-corrected chi connectivity index (χ2v) is 12.7. The summed E-state index contributed by atoms with van der Waals surface area (Å²) in [6.45, 7) is 3.06. The first-order valence-electron chi connectivity index (χ1n) is 13.2. The van der Waals surface area contributed by atoms with E-state index in [1.54, 1.807) is 31.2 Å². The van der Waals surface area contributed by atoms with Crippen LogP contribution < -0.4 is 9.62 Å². The van der Waals surface area contributed by atoms with Gasteiger partial charge in [-0.15, -0.1) is 0 Å². The van der Waals surface area contributed by atoms with E-state index in [0.29, 0.717) is 0 Å². The van der Waals surface area contributed by atoms with Crippen molar-refractivity contribution in [1.29, 1.82) is 0 Å². The molecule has 1 N–H and O–H groups in total. The normalized spacial score (nSPS) is 14.5. The monoisotopic (exact) mass is 601 g/mol. The van der Waals surface area contributed by atoms with Crippen LogP contribution in [0.3, 0.4) is 0 Å². The number of nitrogens with one attached hydrogen (secondary N) is 1. The van der Waals surface area contributed by atoms with Gasteiger partial charge in [0.25, 0.3) is 10.0 Å². The van der Waals surface area contributed by atoms with Crippen molar-refractivity contribution in [2.75, 3.05) is 10.8 Å². The van der Waals surface area contributed by atoms with Crippen molar-refractivity contribution in [1.82, 2.24) is 10.2 Å². The number of nitrogens with zero attached hydrogens (tertiary/aromatic N) is 2. The molecule has 0 spiro atoms. The summed E-state index contributed by atoms with van der Waals surface area (Å²) in [7, 11) is -4.23. The number of amides is 2. The fourth-order valence-electron chi connectivity index (χ4n) is 4.79. The van der Waals surface area contributed by atoms with Gasteiger partial charge < -0.3 is 10.2 Å². The lowest BCUT2D eigenvalue weighted by atomic mass is 10.1. The van der Waals surface area contributed by atoms with E-state index in [9.17, 15) is 18.0 Å². The van der Waals surface area contributed by atoms with Crippen LogP contribution in [0.4, 0.5) is 5.69 Å². The van der Waals surface area contributed by atoms with Gasteiger partial charge in [0.2, 0.25) is 11.8 Å². The maximum Gasteiger partial charge on any atom is 0.264 e.